The number of ether oxygens (including phenoxy) is 3. The van der Waals surface area contributed by atoms with Gasteiger partial charge in [0.2, 0.25) is 0 Å². The molecule has 132 valence electrons. The summed E-state index contributed by atoms with van der Waals surface area (Å²) in [5.74, 6) is 1.58. The first-order chi connectivity index (χ1) is 12.7. The number of fused-ring (bicyclic) bond motifs is 1. The van der Waals surface area contributed by atoms with E-state index in [1.54, 1.807) is 0 Å². The second-order valence-electron chi connectivity index (χ2n) is 5.70. The van der Waals surface area contributed by atoms with Gasteiger partial charge in [0.05, 0.1) is 0 Å². The van der Waals surface area contributed by atoms with Crippen molar-refractivity contribution in [3.05, 3.63) is 78.9 Å². The Kier molecular flexibility index (Phi) is 5.54. The van der Waals surface area contributed by atoms with Crippen molar-refractivity contribution >= 4 is 16.7 Å². The van der Waals surface area contributed by atoms with Gasteiger partial charge in [0.15, 0.2) is 0 Å². The molecule has 0 aliphatic carbocycles. The summed E-state index contributed by atoms with van der Waals surface area (Å²) in [5, 5.41) is 1.70. The van der Waals surface area contributed by atoms with E-state index in [1.807, 2.05) is 67.6 Å². The predicted molar refractivity (Wildman–Crippen MR) is 102 cm³/mol. The summed E-state index contributed by atoms with van der Waals surface area (Å²) in [4.78, 5) is 11.6. The van der Waals surface area contributed by atoms with E-state index in [0.29, 0.717) is 19.0 Å². The molecule has 0 heterocycles. The van der Waals surface area contributed by atoms with Gasteiger partial charge in [-0.2, -0.15) is 0 Å². The summed E-state index contributed by atoms with van der Waals surface area (Å²) < 4.78 is 17.0. The minimum Gasteiger partial charge on any atom is -0.490 e. The highest BCUT2D eigenvalue weighted by Gasteiger charge is 2.13. The minimum absolute atomic E-state index is 0.407. The molecule has 0 radical (unpaired) electrons. The second-order valence-corrected chi connectivity index (χ2v) is 5.70. The topological polar surface area (TPSA) is 44.8 Å². The van der Waals surface area contributed by atoms with Gasteiger partial charge in [0.1, 0.15) is 30.5 Å². The Labute approximate surface area is 152 Å². The van der Waals surface area contributed by atoms with Gasteiger partial charge in [-0.15, -0.1) is 0 Å². The second kappa shape index (κ2) is 8.21. The van der Waals surface area contributed by atoms with Crippen LogP contribution in [0.2, 0.25) is 0 Å². The van der Waals surface area contributed by atoms with Crippen molar-refractivity contribution in [1.82, 2.24) is 0 Å². The summed E-state index contributed by atoms with van der Waals surface area (Å²) in [6.07, 6.45) is 1.15. The number of benzene rings is 3. The van der Waals surface area contributed by atoms with Crippen molar-refractivity contribution in [2.45, 2.75) is 6.92 Å². The summed E-state index contributed by atoms with van der Waals surface area (Å²) in [7, 11) is 0. The van der Waals surface area contributed by atoms with E-state index >= 15 is 0 Å². The lowest BCUT2D eigenvalue weighted by atomic mass is 10.0. The van der Waals surface area contributed by atoms with Gasteiger partial charge in [-0.05, 0) is 30.7 Å². The molecule has 0 aliphatic heterocycles. The van der Waals surface area contributed by atoms with Crippen molar-refractivity contribution in [2.75, 3.05) is 13.2 Å². The zero-order valence-electron chi connectivity index (χ0n) is 14.6. The summed E-state index contributed by atoms with van der Waals surface area (Å²) in [5.41, 5.74) is 0.817. The van der Waals surface area contributed by atoms with Crippen LogP contribution in [-0.4, -0.2) is 19.2 Å². The van der Waals surface area contributed by atoms with Crippen molar-refractivity contribution in [1.29, 1.82) is 0 Å². The number of aryl methyl sites for hydroxylation is 1. The lowest BCUT2D eigenvalue weighted by molar-refractivity contribution is -0.128. The quantitative estimate of drug-likeness (QED) is 0.269. The number of hydrogen-bond acceptors (Lipinski definition) is 4. The molecule has 0 aromatic heterocycles. The fourth-order valence-corrected chi connectivity index (χ4v) is 2.67. The first kappa shape index (κ1) is 17.5. The van der Waals surface area contributed by atoms with Crippen LogP contribution in [0.25, 0.3) is 10.8 Å². The van der Waals surface area contributed by atoms with Crippen LogP contribution in [0.5, 0.6) is 17.2 Å². The van der Waals surface area contributed by atoms with E-state index in [-0.39, 0.29) is 0 Å². The van der Waals surface area contributed by atoms with Gasteiger partial charge in [0, 0.05) is 16.8 Å². The Morgan fingerprint density at radius 3 is 2.35 bits per heavy atom. The molecule has 0 N–H and O–H groups in total. The monoisotopic (exact) mass is 348 g/mol. The highest BCUT2D eigenvalue weighted by atomic mass is 16.5. The first-order valence-electron chi connectivity index (χ1n) is 8.36. The molecule has 0 aliphatic rings. The third kappa shape index (κ3) is 4.03. The zero-order valence-corrected chi connectivity index (χ0v) is 14.6. The van der Waals surface area contributed by atoms with Crippen LogP contribution in [0.1, 0.15) is 5.56 Å². The molecule has 0 unspecified atom stereocenters. The fourth-order valence-electron chi connectivity index (χ4n) is 2.67. The Bertz CT molecular complexity index is 916. The Morgan fingerprint density at radius 1 is 0.962 bits per heavy atom. The standard InChI is InChI=1S/C22H20O4/c1-3-21(23)26-22-16(2)15-20(18-11-7-8-12-19(18)22)25-14-13-24-17-9-5-4-6-10-17/h3-12,15H,1,13-14H2,2H3. The molecule has 4 heteroatoms. The van der Waals surface area contributed by atoms with Crippen LogP contribution in [0.3, 0.4) is 0 Å². The number of carbonyl (C=O) groups excluding carboxylic acids is 1. The van der Waals surface area contributed by atoms with E-state index in [2.05, 4.69) is 6.58 Å². The van der Waals surface area contributed by atoms with Gasteiger partial charge in [-0.1, -0.05) is 49.0 Å². The van der Waals surface area contributed by atoms with Crippen LogP contribution in [-0.2, 0) is 4.79 Å². The molecule has 0 amide bonds. The molecular formula is C22H20O4. The van der Waals surface area contributed by atoms with Crippen molar-refractivity contribution < 1.29 is 19.0 Å². The molecule has 0 atom stereocenters. The zero-order chi connectivity index (χ0) is 18.4. The average molecular weight is 348 g/mol. The number of carbonyl (C=O) groups is 1. The molecule has 3 rings (SSSR count). The van der Waals surface area contributed by atoms with E-state index in [9.17, 15) is 4.79 Å². The van der Waals surface area contributed by atoms with Gasteiger partial charge in [-0.3, -0.25) is 0 Å². The molecule has 0 spiro atoms. The van der Waals surface area contributed by atoms with Gasteiger partial charge < -0.3 is 14.2 Å². The lowest BCUT2D eigenvalue weighted by Gasteiger charge is -2.15. The van der Waals surface area contributed by atoms with Crippen LogP contribution < -0.4 is 14.2 Å². The summed E-state index contributed by atoms with van der Waals surface area (Å²) in [6, 6.07) is 19.1. The molecule has 3 aromatic carbocycles. The summed E-state index contributed by atoms with van der Waals surface area (Å²) >= 11 is 0. The highest BCUT2D eigenvalue weighted by molar-refractivity contribution is 5.97. The van der Waals surface area contributed by atoms with Crippen LogP contribution in [0, 0.1) is 6.92 Å². The molecule has 0 saturated heterocycles. The maximum atomic E-state index is 11.6. The molecule has 4 nitrogen and oxygen atoms in total. The number of rotatable bonds is 7. The van der Waals surface area contributed by atoms with Gasteiger partial charge in [0.25, 0.3) is 0 Å². The smallest absolute Gasteiger partial charge is 0.335 e. The predicted octanol–water partition coefficient (Wildman–Crippen LogP) is 4.70. The van der Waals surface area contributed by atoms with Crippen LogP contribution in [0.15, 0.2) is 73.3 Å². The van der Waals surface area contributed by atoms with Crippen molar-refractivity contribution in [3.63, 3.8) is 0 Å². The molecule has 26 heavy (non-hydrogen) atoms. The highest BCUT2D eigenvalue weighted by Crippen LogP contribution is 2.36. The maximum absolute atomic E-state index is 11.6. The third-order valence-corrected chi connectivity index (χ3v) is 3.87. The van der Waals surface area contributed by atoms with E-state index < -0.39 is 5.97 Å². The molecule has 3 aromatic rings. The average Bonchev–Trinajstić information content (AvgIpc) is 2.68. The number of para-hydroxylation sites is 1. The van der Waals surface area contributed by atoms with Crippen LogP contribution in [0.4, 0.5) is 0 Å². The Morgan fingerprint density at radius 2 is 1.62 bits per heavy atom. The molecular weight excluding hydrogens is 328 g/mol. The number of esters is 1. The first-order valence-corrected chi connectivity index (χ1v) is 8.36. The molecule has 0 saturated carbocycles. The summed E-state index contributed by atoms with van der Waals surface area (Å²) in [6.45, 7) is 6.17. The number of hydrogen-bond donors (Lipinski definition) is 0. The van der Waals surface area contributed by atoms with Crippen LogP contribution >= 0.6 is 0 Å². The van der Waals surface area contributed by atoms with Gasteiger partial charge >= 0.3 is 5.97 Å². The van der Waals surface area contributed by atoms with Gasteiger partial charge in [-0.25, -0.2) is 4.79 Å². The lowest BCUT2D eigenvalue weighted by Crippen LogP contribution is -2.10. The molecule has 0 fully saturated rings. The molecule has 0 bridgehead atoms. The van der Waals surface area contributed by atoms with E-state index in [0.717, 1.165) is 33.9 Å². The minimum atomic E-state index is -0.483. The van der Waals surface area contributed by atoms with Crippen molar-refractivity contribution in [2.24, 2.45) is 0 Å². The Balaban J connectivity index is 1.77. The SMILES string of the molecule is C=CC(=O)Oc1c(C)cc(OCCOc2ccccc2)c2ccccc12. The maximum Gasteiger partial charge on any atom is 0.335 e. The Hall–Kier alpha value is -3.27. The van der Waals surface area contributed by atoms with E-state index in [1.165, 1.54) is 0 Å². The largest absolute Gasteiger partial charge is 0.490 e. The van der Waals surface area contributed by atoms with Crippen molar-refractivity contribution in [3.8, 4) is 17.2 Å². The van der Waals surface area contributed by atoms with E-state index in [4.69, 9.17) is 14.2 Å². The third-order valence-electron chi connectivity index (χ3n) is 3.87. The fraction of sp³-hybridized carbons (Fsp3) is 0.136. The normalized spacial score (nSPS) is 10.3.